The minimum Gasteiger partial charge on any atom is -0.305 e. The highest BCUT2D eigenvalue weighted by molar-refractivity contribution is 5.96. The van der Waals surface area contributed by atoms with E-state index in [-0.39, 0.29) is 11.3 Å². The first kappa shape index (κ1) is 22.7. The molecular formula is C30H35N3O2. The average molecular weight is 470 g/mol. The lowest BCUT2D eigenvalue weighted by Gasteiger charge is -2.33. The van der Waals surface area contributed by atoms with Crippen molar-refractivity contribution < 1.29 is 4.79 Å². The van der Waals surface area contributed by atoms with Crippen molar-refractivity contribution in [1.29, 1.82) is 0 Å². The number of benzene rings is 1. The first-order valence-corrected chi connectivity index (χ1v) is 13.1. The Morgan fingerprint density at radius 2 is 1.74 bits per heavy atom. The van der Waals surface area contributed by atoms with Crippen molar-refractivity contribution in [1.82, 2.24) is 14.5 Å². The molecule has 1 aliphatic heterocycles. The van der Waals surface area contributed by atoms with Crippen molar-refractivity contribution in [3.8, 4) is 11.4 Å². The molecule has 0 bridgehead atoms. The highest BCUT2D eigenvalue weighted by atomic mass is 16.1. The number of rotatable bonds is 3. The molecule has 6 rings (SSSR count). The van der Waals surface area contributed by atoms with E-state index < -0.39 is 5.41 Å². The Balaban J connectivity index is 1.71. The van der Waals surface area contributed by atoms with Crippen molar-refractivity contribution in [2.24, 2.45) is 0 Å². The molecule has 0 amide bonds. The molecule has 35 heavy (non-hydrogen) atoms. The lowest BCUT2D eigenvalue weighted by atomic mass is 9.69. The maximum Gasteiger partial charge on any atom is 0.254 e. The standard InChI is InChI=1S/C30H35N3O2/c1-7-30(4)23-13-24-28-22(15-33(24)29(35)20(23)11-12-25(30)34)21(14-32(5)6)26-19-10-8-9-18(19)16(2)17(3)27(26)31-28/h13H,7-12,14-15H2,1-6H3/t30-/m1/s1. The van der Waals surface area contributed by atoms with E-state index in [0.29, 0.717) is 25.8 Å². The predicted molar refractivity (Wildman–Crippen MR) is 140 cm³/mol. The van der Waals surface area contributed by atoms with E-state index in [2.05, 4.69) is 45.8 Å². The van der Waals surface area contributed by atoms with Crippen LogP contribution in [0.3, 0.4) is 0 Å². The molecule has 0 saturated heterocycles. The summed E-state index contributed by atoms with van der Waals surface area (Å²) in [5.41, 5.74) is 12.3. The number of hydrogen-bond acceptors (Lipinski definition) is 4. The number of nitrogens with zero attached hydrogens (tertiary/aromatic N) is 3. The second kappa shape index (κ2) is 7.60. The normalized spacial score (nSPS) is 20.4. The highest BCUT2D eigenvalue weighted by Crippen LogP contribution is 2.44. The van der Waals surface area contributed by atoms with Gasteiger partial charge in [0.15, 0.2) is 0 Å². The first-order valence-electron chi connectivity index (χ1n) is 13.1. The Kier molecular flexibility index (Phi) is 4.92. The Hall–Kier alpha value is -2.79. The molecule has 5 heteroatoms. The van der Waals surface area contributed by atoms with Crippen LogP contribution in [0.4, 0.5) is 0 Å². The van der Waals surface area contributed by atoms with Crippen LogP contribution in [-0.4, -0.2) is 34.3 Å². The highest BCUT2D eigenvalue weighted by Gasteiger charge is 2.41. The summed E-state index contributed by atoms with van der Waals surface area (Å²) in [4.78, 5) is 34.4. The maximum atomic E-state index is 13.8. The van der Waals surface area contributed by atoms with Crippen molar-refractivity contribution in [2.45, 2.75) is 84.7 Å². The van der Waals surface area contributed by atoms with Crippen LogP contribution < -0.4 is 5.56 Å². The first-order chi connectivity index (χ1) is 16.7. The Morgan fingerprint density at radius 3 is 2.46 bits per heavy atom. The van der Waals surface area contributed by atoms with Gasteiger partial charge in [-0.1, -0.05) is 6.92 Å². The number of pyridine rings is 2. The van der Waals surface area contributed by atoms with E-state index in [1.54, 1.807) is 0 Å². The van der Waals surface area contributed by atoms with Crippen molar-refractivity contribution in [3.05, 3.63) is 60.9 Å². The van der Waals surface area contributed by atoms with Gasteiger partial charge in [-0.2, -0.15) is 0 Å². The molecule has 0 saturated carbocycles. The van der Waals surface area contributed by atoms with Gasteiger partial charge in [0.2, 0.25) is 0 Å². The molecule has 5 nitrogen and oxygen atoms in total. The van der Waals surface area contributed by atoms with E-state index in [9.17, 15) is 9.59 Å². The van der Waals surface area contributed by atoms with Gasteiger partial charge in [-0.05, 0) is 106 Å². The molecule has 2 aromatic heterocycles. The molecule has 1 aromatic carbocycles. The zero-order valence-corrected chi connectivity index (χ0v) is 21.9. The monoisotopic (exact) mass is 469 g/mol. The summed E-state index contributed by atoms with van der Waals surface area (Å²) in [7, 11) is 4.23. The third kappa shape index (κ3) is 2.94. The number of hydrogen-bond donors (Lipinski definition) is 0. The van der Waals surface area contributed by atoms with Crippen molar-refractivity contribution in [3.63, 3.8) is 0 Å². The number of Topliss-reactive ketones (excluding diaryl/α,β-unsaturated/α-hetero) is 1. The molecule has 3 aliphatic rings. The van der Waals surface area contributed by atoms with Gasteiger partial charge in [-0.3, -0.25) is 9.59 Å². The fourth-order valence-corrected chi connectivity index (χ4v) is 6.97. The summed E-state index contributed by atoms with van der Waals surface area (Å²) in [6.07, 6.45) is 5.15. The molecule has 0 fully saturated rings. The smallest absolute Gasteiger partial charge is 0.254 e. The summed E-state index contributed by atoms with van der Waals surface area (Å²) in [6.45, 7) is 9.91. The Bertz CT molecular complexity index is 1510. The molecule has 0 N–H and O–H groups in total. The second-order valence-corrected chi connectivity index (χ2v) is 11.4. The van der Waals surface area contributed by atoms with Gasteiger partial charge in [0, 0.05) is 29.5 Å². The minimum atomic E-state index is -0.596. The zero-order valence-electron chi connectivity index (χ0n) is 21.9. The minimum absolute atomic E-state index is 0.0701. The molecular weight excluding hydrogens is 434 g/mol. The number of aromatic nitrogens is 2. The van der Waals surface area contributed by atoms with E-state index in [1.165, 1.54) is 45.2 Å². The molecule has 1 atom stereocenters. The van der Waals surface area contributed by atoms with Crippen LogP contribution in [0.1, 0.15) is 77.6 Å². The zero-order chi connectivity index (χ0) is 24.8. The summed E-state index contributed by atoms with van der Waals surface area (Å²) in [5, 5.41) is 1.33. The summed E-state index contributed by atoms with van der Waals surface area (Å²) >= 11 is 0. The van der Waals surface area contributed by atoms with Crippen LogP contribution in [0.5, 0.6) is 0 Å². The molecule has 182 valence electrons. The van der Waals surface area contributed by atoms with Gasteiger partial charge < -0.3 is 9.47 Å². The lowest BCUT2D eigenvalue weighted by Crippen LogP contribution is -2.41. The van der Waals surface area contributed by atoms with Gasteiger partial charge in [0.05, 0.1) is 28.9 Å². The third-order valence-electron chi connectivity index (χ3n) is 9.25. The summed E-state index contributed by atoms with van der Waals surface area (Å²) in [6, 6.07) is 2.14. The molecule has 0 unspecified atom stereocenters. The molecule has 3 heterocycles. The van der Waals surface area contributed by atoms with Crippen LogP contribution in [0.25, 0.3) is 22.3 Å². The second-order valence-electron chi connectivity index (χ2n) is 11.4. The van der Waals surface area contributed by atoms with E-state index in [0.717, 1.165) is 47.4 Å². The van der Waals surface area contributed by atoms with Gasteiger partial charge in [-0.25, -0.2) is 4.98 Å². The van der Waals surface area contributed by atoms with Gasteiger partial charge in [0.1, 0.15) is 5.78 Å². The number of aryl methyl sites for hydroxylation is 2. The van der Waals surface area contributed by atoms with E-state index in [4.69, 9.17) is 4.98 Å². The number of ketones is 1. The Morgan fingerprint density at radius 1 is 1.00 bits per heavy atom. The van der Waals surface area contributed by atoms with E-state index in [1.807, 2.05) is 11.5 Å². The molecule has 3 aromatic rings. The predicted octanol–water partition coefficient (Wildman–Crippen LogP) is 4.78. The number of fused-ring (bicyclic) bond motifs is 7. The summed E-state index contributed by atoms with van der Waals surface area (Å²) < 4.78 is 1.93. The quantitative estimate of drug-likeness (QED) is 0.434. The largest absolute Gasteiger partial charge is 0.305 e. The third-order valence-corrected chi connectivity index (χ3v) is 9.25. The van der Waals surface area contributed by atoms with Crippen LogP contribution in [-0.2, 0) is 42.6 Å². The lowest BCUT2D eigenvalue weighted by molar-refractivity contribution is -0.124. The fourth-order valence-electron chi connectivity index (χ4n) is 6.97. The maximum absolute atomic E-state index is 13.8. The van der Waals surface area contributed by atoms with Gasteiger partial charge >= 0.3 is 0 Å². The van der Waals surface area contributed by atoms with Crippen LogP contribution >= 0.6 is 0 Å². The Labute approximate surface area is 207 Å². The van der Waals surface area contributed by atoms with Crippen molar-refractivity contribution >= 4 is 16.7 Å². The number of carbonyl (C=O) groups is 1. The van der Waals surface area contributed by atoms with Crippen LogP contribution in [0.2, 0.25) is 0 Å². The van der Waals surface area contributed by atoms with Crippen LogP contribution in [0, 0.1) is 13.8 Å². The summed E-state index contributed by atoms with van der Waals surface area (Å²) in [5.74, 6) is 0.247. The fraction of sp³-hybridized carbons (Fsp3) is 0.500. The van der Waals surface area contributed by atoms with Crippen LogP contribution in [0.15, 0.2) is 10.9 Å². The molecule has 2 aliphatic carbocycles. The number of carbonyl (C=O) groups excluding carboxylic acids is 1. The average Bonchev–Trinajstić information content (AvgIpc) is 3.45. The molecule has 0 radical (unpaired) electrons. The SMILES string of the molecule is CC[C@@]1(C)C(=O)CCc2c1cc1n(c2=O)Cc2c-1nc1c(C)c(C)c3c(c1c2CN(C)C)CCC3. The molecule has 0 spiro atoms. The van der Waals surface area contributed by atoms with Crippen molar-refractivity contribution in [2.75, 3.05) is 14.1 Å². The topological polar surface area (TPSA) is 55.2 Å². The van der Waals surface area contributed by atoms with Gasteiger partial charge in [-0.15, -0.1) is 0 Å². The van der Waals surface area contributed by atoms with E-state index >= 15 is 0 Å². The van der Waals surface area contributed by atoms with Gasteiger partial charge in [0.25, 0.3) is 5.56 Å².